The lowest BCUT2D eigenvalue weighted by Crippen LogP contribution is -2.41. The number of rotatable bonds is 3. The van der Waals surface area contributed by atoms with Crippen molar-refractivity contribution in [3.05, 3.63) is 59.4 Å². The first-order valence-electron chi connectivity index (χ1n) is 9.24. The van der Waals surface area contributed by atoms with Gasteiger partial charge in [0.15, 0.2) is 0 Å². The van der Waals surface area contributed by atoms with Crippen LogP contribution in [0.4, 0.5) is 10.1 Å². The summed E-state index contributed by atoms with van der Waals surface area (Å²) in [4.78, 5) is 2.24. The van der Waals surface area contributed by atoms with Crippen molar-refractivity contribution >= 4 is 18.3 Å². The Morgan fingerprint density at radius 1 is 1.00 bits per heavy atom. The third-order valence-corrected chi connectivity index (χ3v) is 5.95. The molecule has 2 aromatic rings. The monoisotopic (exact) mass is 353 g/mol. The van der Waals surface area contributed by atoms with E-state index in [1.807, 2.05) is 6.07 Å². The number of benzene rings is 2. The van der Waals surface area contributed by atoms with Gasteiger partial charge in [-0.15, -0.1) is 0 Å². The third-order valence-electron chi connectivity index (χ3n) is 5.95. The SMILES string of the molecule is CC1(C)OB(c2ccc(CN3CCc4c(F)cccc43)cc2)OC1(C)C. The van der Waals surface area contributed by atoms with Crippen LogP contribution < -0.4 is 10.4 Å². The van der Waals surface area contributed by atoms with Crippen molar-refractivity contribution in [2.24, 2.45) is 0 Å². The van der Waals surface area contributed by atoms with Crippen LogP contribution >= 0.6 is 0 Å². The van der Waals surface area contributed by atoms with Gasteiger partial charge in [0.1, 0.15) is 5.82 Å². The molecule has 0 bridgehead atoms. The smallest absolute Gasteiger partial charge is 0.399 e. The quantitative estimate of drug-likeness (QED) is 0.786. The number of nitrogens with zero attached hydrogens (tertiary/aromatic N) is 1. The van der Waals surface area contributed by atoms with Crippen LogP contribution in [0.15, 0.2) is 42.5 Å². The van der Waals surface area contributed by atoms with E-state index in [2.05, 4.69) is 56.9 Å². The standard InChI is InChI=1S/C21H25BFNO2/c1-20(2)21(3,4)26-22(25-20)16-10-8-15(9-11-16)14-24-13-12-17-18(23)6-5-7-19(17)24/h5-11H,12-14H2,1-4H3. The molecule has 2 aliphatic rings. The first-order chi connectivity index (χ1) is 12.3. The highest BCUT2D eigenvalue weighted by molar-refractivity contribution is 6.62. The average molecular weight is 353 g/mol. The van der Waals surface area contributed by atoms with Crippen LogP contribution in [-0.2, 0) is 22.3 Å². The van der Waals surface area contributed by atoms with Crippen molar-refractivity contribution in [1.82, 2.24) is 0 Å². The van der Waals surface area contributed by atoms with Crippen LogP contribution in [0.25, 0.3) is 0 Å². The topological polar surface area (TPSA) is 21.7 Å². The number of anilines is 1. The molecule has 2 aliphatic heterocycles. The molecule has 0 saturated carbocycles. The second-order valence-electron chi connectivity index (χ2n) is 8.24. The van der Waals surface area contributed by atoms with E-state index in [0.717, 1.165) is 36.2 Å². The summed E-state index contributed by atoms with van der Waals surface area (Å²) in [6.07, 6.45) is 0.772. The molecule has 0 atom stereocenters. The number of hydrogen-bond acceptors (Lipinski definition) is 3. The number of halogens is 1. The third kappa shape index (κ3) is 2.93. The minimum atomic E-state index is -0.337. The van der Waals surface area contributed by atoms with Gasteiger partial charge in [-0.2, -0.15) is 0 Å². The molecular weight excluding hydrogens is 328 g/mol. The van der Waals surface area contributed by atoms with E-state index >= 15 is 0 Å². The van der Waals surface area contributed by atoms with E-state index in [9.17, 15) is 4.39 Å². The van der Waals surface area contributed by atoms with E-state index in [0.29, 0.717) is 0 Å². The van der Waals surface area contributed by atoms with Crippen LogP contribution in [0, 0.1) is 5.82 Å². The fourth-order valence-electron chi connectivity index (χ4n) is 3.60. The summed E-state index contributed by atoms with van der Waals surface area (Å²) < 4.78 is 26.1. The molecule has 0 N–H and O–H groups in total. The van der Waals surface area contributed by atoms with Crippen LogP contribution in [0.2, 0.25) is 0 Å². The second-order valence-corrected chi connectivity index (χ2v) is 8.24. The van der Waals surface area contributed by atoms with Gasteiger partial charge in [-0.25, -0.2) is 4.39 Å². The molecule has 0 aromatic heterocycles. The van der Waals surface area contributed by atoms with Gasteiger partial charge in [0.25, 0.3) is 0 Å². The molecule has 26 heavy (non-hydrogen) atoms. The summed E-state index contributed by atoms with van der Waals surface area (Å²) in [5.41, 5.74) is 3.41. The highest BCUT2D eigenvalue weighted by atomic mass is 19.1. The van der Waals surface area contributed by atoms with Crippen LogP contribution in [0.5, 0.6) is 0 Å². The summed E-state index contributed by atoms with van der Waals surface area (Å²) in [5, 5.41) is 0. The number of fused-ring (bicyclic) bond motifs is 1. The maximum Gasteiger partial charge on any atom is 0.494 e. The van der Waals surface area contributed by atoms with Gasteiger partial charge >= 0.3 is 7.12 Å². The first-order valence-corrected chi connectivity index (χ1v) is 9.24. The maximum absolute atomic E-state index is 13.9. The Morgan fingerprint density at radius 2 is 1.65 bits per heavy atom. The molecule has 1 fully saturated rings. The van der Waals surface area contributed by atoms with Gasteiger partial charge in [-0.3, -0.25) is 0 Å². The van der Waals surface area contributed by atoms with Crippen LogP contribution in [0.3, 0.4) is 0 Å². The summed E-state index contributed by atoms with van der Waals surface area (Å²) in [6, 6.07) is 13.7. The molecule has 3 nitrogen and oxygen atoms in total. The predicted molar refractivity (Wildman–Crippen MR) is 103 cm³/mol. The predicted octanol–water partition coefficient (Wildman–Crippen LogP) is 3.69. The normalized spacial score (nSPS) is 20.5. The highest BCUT2D eigenvalue weighted by Crippen LogP contribution is 2.36. The van der Waals surface area contributed by atoms with E-state index in [1.165, 1.54) is 5.56 Å². The van der Waals surface area contributed by atoms with Crippen molar-refractivity contribution in [3.63, 3.8) is 0 Å². The van der Waals surface area contributed by atoms with Gasteiger partial charge in [-0.1, -0.05) is 30.3 Å². The van der Waals surface area contributed by atoms with Crippen LogP contribution in [0.1, 0.15) is 38.8 Å². The molecule has 5 heteroatoms. The van der Waals surface area contributed by atoms with E-state index < -0.39 is 0 Å². The molecule has 4 rings (SSSR count). The van der Waals surface area contributed by atoms with Gasteiger partial charge in [0, 0.05) is 24.3 Å². The molecule has 0 aliphatic carbocycles. The lowest BCUT2D eigenvalue weighted by atomic mass is 9.79. The summed E-state index contributed by atoms with van der Waals surface area (Å²) in [7, 11) is -0.337. The average Bonchev–Trinajstić information content (AvgIpc) is 3.08. The molecule has 0 spiro atoms. The molecule has 0 radical (unpaired) electrons. The van der Waals surface area contributed by atoms with Crippen molar-refractivity contribution in [2.45, 2.75) is 51.9 Å². The van der Waals surface area contributed by atoms with Gasteiger partial charge in [0.2, 0.25) is 0 Å². The second kappa shape index (κ2) is 6.10. The van der Waals surface area contributed by atoms with Gasteiger partial charge < -0.3 is 14.2 Å². The Labute approximate surface area is 155 Å². The molecule has 1 saturated heterocycles. The Balaban J connectivity index is 1.48. The summed E-state index contributed by atoms with van der Waals surface area (Å²) in [6.45, 7) is 9.88. The zero-order valence-corrected chi connectivity index (χ0v) is 15.9. The fraction of sp³-hybridized carbons (Fsp3) is 0.429. The molecule has 136 valence electrons. The molecule has 2 heterocycles. The van der Waals surface area contributed by atoms with Crippen molar-refractivity contribution < 1.29 is 13.7 Å². The van der Waals surface area contributed by atoms with E-state index in [4.69, 9.17) is 9.31 Å². The van der Waals surface area contributed by atoms with E-state index in [1.54, 1.807) is 12.1 Å². The van der Waals surface area contributed by atoms with E-state index in [-0.39, 0.29) is 24.1 Å². The van der Waals surface area contributed by atoms with Crippen molar-refractivity contribution in [1.29, 1.82) is 0 Å². The zero-order valence-electron chi connectivity index (χ0n) is 15.9. The zero-order chi connectivity index (χ0) is 18.5. The Morgan fingerprint density at radius 3 is 2.31 bits per heavy atom. The van der Waals surface area contributed by atoms with Gasteiger partial charge in [0.05, 0.1) is 11.2 Å². The van der Waals surface area contributed by atoms with Crippen molar-refractivity contribution in [3.8, 4) is 0 Å². The largest absolute Gasteiger partial charge is 0.494 e. The molecule has 0 amide bonds. The highest BCUT2D eigenvalue weighted by Gasteiger charge is 2.51. The fourth-order valence-corrected chi connectivity index (χ4v) is 3.60. The summed E-state index contributed by atoms with van der Waals surface area (Å²) >= 11 is 0. The Bertz CT molecular complexity index is 803. The van der Waals surface area contributed by atoms with Crippen LogP contribution in [-0.4, -0.2) is 24.9 Å². The molecular formula is C21H25BFNO2. The lowest BCUT2D eigenvalue weighted by Gasteiger charge is -2.32. The molecule has 2 aromatic carbocycles. The summed E-state index contributed by atoms with van der Waals surface area (Å²) in [5.74, 6) is -0.0962. The Hall–Kier alpha value is -1.85. The molecule has 0 unspecified atom stereocenters. The minimum Gasteiger partial charge on any atom is -0.399 e. The maximum atomic E-state index is 13.9. The minimum absolute atomic E-state index is 0.0962. The first kappa shape index (κ1) is 17.6. The van der Waals surface area contributed by atoms with Crippen molar-refractivity contribution in [2.75, 3.05) is 11.4 Å². The van der Waals surface area contributed by atoms with Gasteiger partial charge in [-0.05, 0) is 57.3 Å². The number of hydrogen-bond donors (Lipinski definition) is 0. The Kier molecular flexibility index (Phi) is 4.12. The lowest BCUT2D eigenvalue weighted by molar-refractivity contribution is 0.00578.